The summed E-state index contributed by atoms with van der Waals surface area (Å²) in [6, 6.07) is 5.31. The fourth-order valence-electron chi connectivity index (χ4n) is 2.14. The van der Waals surface area contributed by atoms with E-state index in [9.17, 15) is 4.79 Å². The lowest BCUT2D eigenvalue weighted by atomic mass is 10.00. The van der Waals surface area contributed by atoms with Crippen LogP contribution in [-0.2, 0) is 4.79 Å². The third-order valence-corrected chi connectivity index (χ3v) is 4.03. The van der Waals surface area contributed by atoms with E-state index in [1.807, 2.05) is 6.07 Å². The molecule has 21 heavy (non-hydrogen) atoms. The van der Waals surface area contributed by atoms with E-state index in [1.165, 1.54) is 6.42 Å². The Morgan fingerprint density at radius 1 is 1.52 bits per heavy atom. The maximum atomic E-state index is 11.7. The second-order valence-electron chi connectivity index (χ2n) is 4.88. The Morgan fingerprint density at radius 2 is 2.33 bits per heavy atom. The monoisotopic (exact) mass is 396 g/mol. The summed E-state index contributed by atoms with van der Waals surface area (Å²) in [4.78, 5) is 11.7. The third-order valence-electron chi connectivity index (χ3n) is 3.24. The summed E-state index contributed by atoms with van der Waals surface area (Å²) in [6.45, 7) is 2.74. The number of carbonyl (C=O) groups is 1. The zero-order valence-corrected chi connectivity index (χ0v) is 14.7. The fourth-order valence-corrected chi connectivity index (χ4v) is 2.87. The van der Waals surface area contributed by atoms with Gasteiger partial charge in [0.05, 0.1) is 5.02 Å². The molecule has 118 valence electrons. The quantitative estimate of drug-likeness (QED) is 0.802. The molecule has 1 aliphatic heterocycles. The molecule has 1 aliphatic rings. The van der Waals surface area contributed by atoms with Gasteiger partial charge in [0, 0.05) is 11.0 Å². The van der Waals surface area contributed by atoms with Crippen LogP contribution in [0.1, 0.15) is 12.8 Å². The van der Waals surface area contributed by atoms with E-state index >= 15 is 0 Å². The van der Waals surface area contributed by atoms with Crippen molar-refractivity contribution in [2.24, 2.45) is 5.92 Å². The van der Waals surface area contributed by atoms with E-state index in [2.05, 4.69) is 26.6 Å². The van der Waals surface area contributed by atoms with Crippen LogP contribution in [0.4, 0.5) is 0 Å². The number of piperidine rings is 1. The van der Waals surface area contributed by atoms with Gasteiger partial charge in [-0.3, -0.25) is 4.79 Å². The zero-order valence-electron chi connectivity index (χ0n) is 11.5. The van der Waals surface area contributed by atoms with Crippen LogP contribution in [0.5, 0.6) is 5.75 Å². The fraction of sp³-hybridized carbons (Fsp3) is 0.500. The van der Waals surface area contributed by atoms with Crippen LogP contribution in [0.15, 0.2) is 22.7 Å². The lowest BCUT2D eigenvalue weighted by Crippen LogP contribution is -2.39. The molecule has 1 saturated heterocycles. The minimum absolute atomic E-state index is 0. The van der Waals surface area contributed by atoms with Crippen LogP contribution in [0.25, 0.3) is 0 Å². The van der Waals surface area contributed by atoms with E-state index < -0.39 is 0 Å². The van der Waals surface area contributed by atoms with E-state index in [1.54, 1.807) is 12.1 Å². The van der Waals surface area contributed by atoms with E-state index in [-0.39, 0.29) is 24.9 Å². The van der Waals surface area contributed by atoms with Gasteiger partial charge in [-0.2, -0.15) is 0 Å². The van der Waals surface area contributed by atoms with E-state index in [0.29, 0.717) is 23.2 Å². The topological polar surface area (TPSA) is 50.4 Å². The molecule has 0 bridgehead atoms. The minimum atomic E-state index is -0.116. The van der Waals surface area contributed by atoms with Gasteiger partial charge in [-0.25, -0.2) is 0 Å². The highest BCUT2D eigenvalue weighted by atomic mass is 79.9. The van der Waals surface area contributed by atoms with Gasteiger partial charge in [0.2, 0.25) is 0 Å². The molecule has 1 atom stereocenters. The number of carbonyl (C=O) groups excluding carboxylic acids is 1. The maximum absolute atomic E-state index is 11.7. The Bertz CT molecular complexity index is 468. The first-order valence-electron chi connectivity index (χ1n) is 6.70. The Balaban J connectivity index is 0.00000220. The van der Waals surface area contributed by atoms with Crippen molar-refractivity contribution in [3.8, 4) is 5.75 Å². The van der Waals surface area contributed by atoms with Gasteiger partial charge < -0.3 is 15.4 Å². The number of hydrogen-bond donors (Lipinski definition) is 2. The molecule has 0 aromatic heterocycles. The smallest absolute Gasteiger partial charge is 0.257 e. The molecule has 0 aliphatic carbocycles. The molecule has 2 rings (SSSR count). The van der Waals surface area contributed by atoms with Crippen molar-refractivity contribution in [2.45, 2.75) is 12.8 Å². The predicted molar refractivity (Wildman–Crippen MR) is 90.5 cm³/mol. The number of hydrogen-bond acceptors (Lipinski definition) is 3. The second-order valence-corrected chi connectivity index (χ2v) is 6.20. The molecule has 7 heteroatoms. The molecular weight excluding hydrogens is 379 g/mol. The summed E-state index contributed by atoms with van der Waals surface area (Å²) in [7, 11) is 0. The largest absolute Gasteiger partial charge is 0.482 e. The second kappa shape index (κ2) is 9.51. The van der Waals surface area contributed by atoms with Crippen molar-refractivity contribution < 1.29 is 9.53 Å². The normalized spacial score (nSPS) is 17.7. The molecular formula is C14H19BrCl2N2O2. The van der Waals surface area contributed by atoms with E-state index in [0.717, 1.165) is 24.0 Å². The lowest BCUT2D eigenvalue weighted by molar-refractivity contribution is -0.123. The number of amides is 1. The molecule has 1 aromatic rings. The maximum Gasteiger partial charge on any atom is 0.257 e. The van der Waals surface area contributed by atoms with Crippen LogP contribution in [-0.4, -0.2) is 32.1 Å². The summed E-state index contributed by atoms with van der Waals surface area (Å²) in [6.07, 6.45) is 2.33. The highest BCUT2D eigenvalue weighted by molar-refractivity contribution is 9.10. The number of halogens is 3. The Kier molecular flexibility index (Phi) is 8.41. The summed E-state index contributed by atoms with van der Waals surface area (Å²) in [5, 5.41) is 6.71. The third kappa shape index (κ3) is 6.43. The summed E-state index contributed by atoms with van der Waals surface area (Å²) >= 11 is 9.34. The molecule has 1 fully saturated rings. The van der Waals surface area contributed by atoms with Crippen LogP contribution in [0.3, 0.4) is 0 Å². The van der Waals surface area contributed by atoms with Crippen molar-refractivity contribution in [1.29, 1.82) is 0 Å². The first-order chi connectivity index (χ1) is 9.65. The van der Waals surface area contributed by atoms with Gasteiger partial charge in [0.1, 0.15) is 5.75 Å². The van der Waals surface area contributed by atoms with Crippen molar-refractivity contribution in [3.05, 3.63) is 27.7 Å². The summed E-state index contributed by atoms with van der Waals surface area (Å²) < 4.78 is 6.29. The van der Waals surface area contributed by atoms with Gasteiger partial charge in [-0.15, -0.1) is 12.4 Å². The Labute approximate surface area is 144 Å². The molecule has 1 unspecified atom stereocenters. The standard InChI is InChI=1S/C14H18BrClN2O2.ClH/c15-11-3-4-13(12(16)6-11)20-9-14(19)18-8-10-2-1-5-17-7-10;/h3-4,6,10,17H,1-2,5,7-9H2,(H,18,19);1H. The van der Waals surface area contributed by atoms with Crippen LogP contribution in [0.2, 0.25) is 5.02 Å². The van der Waals surface area contributed by atoms with Crippen LogP contribution < -0.4 is 15.4 Å². The molecule has 1 heterocycles. The van der Waals surface area contributed by atoms with Gasteiger partial charge >= 0.3 is 0 Å². The van der Waals surface area contributed by atoms with Crippen LogP contribution >= 0.6 is 39.9 Å². The number of rotatable bonds is 5. The van der Waals surface area contributed by atoms with Crippen molar-refractivity contribution >= 4 is 45.8 Å². The lowest BCUT2D eigenvalue weighted by Gasteiger charge is -2.22. The van der Waals surface area contributed by atoms with Crippen molar-refractivity contribution in [3.63, 3.8) is 0 Å². The minimum Gasteiger partial charge on any atom is -0.482 e. The van der Waals surface area contributed by atoms with Crippen LogP contribution in [0, 0.1) is 5.92 Å². The molecule has 1 aromatic carbocycles. The molecule has 2 N–H and O–H groups in total. The highest BCUT2D eigenvalue weighted by Gasteiger charge is 2.14. The molecule has 0 saturated carbocycles. The molecule has 4 nitrogen and oxygen atoms in total. The van der Waals surface area contributed by atoms with E-state index in [4.69, 9.17) is 16.3 Å². The van der Waals surface area contributed by atoms with Crippen molar-refractivity contribution in [1.82, 2.24) is 10.6 Å². The molecule has 0 spiro atoms. The number of benzene rings is 1. The average Bonchev–Trinajstić information content (AvgIpc) is 2.45. The zero-order chi connectivity index (χ0) is 14.4. The first kappa shape index (κ1) is 18.6. The van der Waals surface area contributed by atoms with Gasteiger partial charge in [-0.05, 0) is 50.0 Å². The van der Waals surface area contributed by atoms with Gasteiger partial charge in [0.15, 0.2) is 6.61 Å². The summed E-state index contributed by atoms with van der Waals surface area (Å²) in [5.41, 5.74) is 0. The predicted octanol–water partition coefficient (Wildman–Crippen LogP) is 3.02. The summed E-state index contributed by atoms with van der Waals surface area (Å²) in [5.74, 6) is 0.919. The number of ether oxygens (including phenoxy) is 1. The van der Waals surface area contributed by atoms with Crippen molar-refractivity contribution in [2.75, 3.05) is 26.2 Å². The Hall–Kier alpha value is -0.490. The van der Waals surface area contributed by atoms with Gasteiger partial charge in [-0.1, -0.05) is 27.5 Å². The number of nitrogens with one attached hydrogen (secondary N) is 2. The van der Waals surface area contributed by atoms with Gasteiger partial charge in [0.25, 0.3) is 5.91 Å². The average molecular weight is 398 g/mol. The SMILES string of the molecule is Cl.O=C(COc1ccc(Br)cc1Cl)NCC1CCCNC1. The first-order valence-corrected chi connectivity index (χ1v) is 7.87. The highest BCUT2D eigenvalue weighted by Crippen LogP contribution is 2.27. The molecule has 0 radical (unpaired) electrons. The molecule has 1 amide bonds. The Morgan fingerprint density at radius 3 is 3.00 bits per heavy atom.